The average molecular weight is 280 g/mol. The molecule has 21 heavy (non-hydrogen) atoms. The fraction of sp³-hybridized carbons (Fsp3) is 0.278. The van der Waals surface area contributed by atoms with E-state index in [2.05, 4.69) is 41.6 Å². The fourth-order valence-corrected chi connectivity index (χ4v) is 2.65. The van der Waals surface area contributed by atoms with E-state index in [0.717, 1.165) is 25.0 Å². The number of hydrogen-bond acceptors (Lipinski definition) is 3. The number of oxime groups is 1. The molecule has 0 spiro atoms. The van der Waals surface area contributed by atoms with Gasteiger partial charge in [0, 0.05) is 12.8 Å². The van der Waals surface area contributed by atoms with E-state index >= 15 is 0 Å². The summed E-state index contributed by atoms with van der Waals surface area (Å²) in [5.74, 6) is 0. The van der Waals surface area contributed by atoms with Crippen LogP contribution in [0.5, 0.6) is 0 Å². The van der Waals surface area contributed by atoms with Gasteiger partial charge in [-0.2, -0.15) is 0 Å². The lowest BCUT2D eigenvalue weighted by Crippen LogP contribution is -2.38. The largest absolute Gasteiger partial charge is 0.395 e. The highest BCUT2D eigenvalue weighted by Gasteiger charge is 2.21. The number of rotatable bonds is 4. The van der Waals surface area contributed by atoms with E-state index < -0.39 is 0 Å². The minimum absolute atomic E-state index is 0.0309. The van der Waals surface area contributed by atoms with E-state index in [0.29, 0.717) is 6.61 Å². The van der Waals surface area contributed by atoms with Crippen LogP contribution in [-0.2, 0) is 24.1 Å². The van der Waals surface area contributed by atoms with Crippen LogP contribution in [0.2, 0.25) is 0 Å². The molecule has 3 nitrogen and oxygen atoms in total. The Hall–Kier alpha value is -2.13. The summed E-state index contributed by atoms with van der Waals surface area (Å²) in [7, 11) is 0. The molecule has 0 saturated carbocycles. The molecule has 1 atom stereocenters. The van der Waals surface area contributed by atoms with Gasteiger partial charge < -0.3 is 10.6 Å². The molecule has 3 rings (SSSR count). The van der Waals surface area contributed by atoms with E-state index in [1.165, 1.54) is 16.7 Å². The Labute approximate surface area is 125 Å². The third kappa shape index (κ3) is 3.50. The molecule has 0 fully saturated rings. The Kier molecular flexibility index (Phi) is 4.31. The van der Waals surface area contributed by atoms with E-state index in [1.54, 1.807) is 0 Å². The monoisotopic (exact) mass is 280 g/mol. The number of nitrogens with zero attached hydrogens (tertiary/aromatic N) is 1. The lowest BCUT2D eigenvalue weighted by molar-refractivity contribution is 0.146. The summed E-state index contributed by atoms with van der Waals surface area (Å²) >= 11 is 0. The quantitative estimate of drug-likeness (QED) is 0.691. The Morgan fingerprint density at radius 2 is 1.71 bits per heavy atom. The molecule has 2 aromatic rings. The predicted molar refractivity (Wildman–Crippen MR) is 85.4 cm³/mol. The van der Waals surface area contributed by atoms with Crippen LogP contribution in [-0.4, -0.2) is 18.4 Å². The zero-order chi connectivity index (χ0) is 14.5. The minimum Gasteiger partial charge on any atom is -0.395 e. The summed E-state index contributed by atoms with van der Waals surface area (Å²) in [6, 6.07) is 18.7. The Morgan fingerprint density at radius 3 is 2.52 bits per heavy atom. The highest BCUT2D eigenvalue weighted by atomic mass is 16.6. The molecule has 1 aliphatic carbocycles. The molecule has 108 valence electrons. The molecule has 0 aliphatic heterocycles. The molecule has 0 aromatic heterocycles. The second kappa shape index (κ2) is 6.55. The van der Waals surface area contributed by atoms with Crippen LogP contribution in [0.1, 0.15) is 16.7 Å². The van der Waals surface area contributed by atoms with Gasteiger partial charge in [0.1, 0.15) is 6.61 Å². The average Bonchev–Trinajstić information content (AvgIpc) is 2.53. The van der Waals surface area contributed by atoms with Crippen LogP contribution in [0, 0.1) is 0 Å². The fourth-order valence-electron chi connectivity index (χ4n) is 2.65. The van der Waals surface area contributed by atoms with E-state index in [-0.39, 0.29) is 6.04 Å². The zero-order valence-corrected chi connectivity index (χ0v) is 12.0. The molecular formula is C18H20N2O. The van der Waals surface area contributed by atoms with Crippen LogP contribution in [0.4, 0.5) is 0 Å². The summed E-state index contributed by atoms with van der Waals surface area (Å²) in [4.78, 5) is 5.47. The van der Waals surface area contributed by atoms with Gasteiger partial charge in [-0.1, -0.05) is 59.8 Å². The first-order chi connectivity index (χ1) is 10.3. The zero-order valence-electron chi connectivity index (χ0n) is 12.0. The number of fused-ring (bicyclic) bond motifs is 1. The van der Waals surface area contributed by atoms with Gasteiger partial charge in [0.15, 0.2) is 0 Å². The van der Waals surface area contributed by atoms with Crippen molar-refractivity contribution in [2.45, 2.75) is 25.3 Å². The number of hydrogen-bond donors (Lipinski definition) is 1. The summed E-state index contributed by atoms with van der Waals surface area (Å²) in [6.45, 7) is 0.585. The van der Waals surface area contributed by atoms with E-state index in [9.17, 15) is 0 Å². The third-order valence-electron chi connectivity index (χ3n) is 3.86. The van der Waals surface area contributed by atoms with Gasteiger partial charge in [-0.05, 0) is 23.1 Å². The van der Waals surface area contributed by atoms with Gasteiger partial charge in [-0.25, -0.2) is 0 Å². The first-order valence-electron chi connectivity index (χ1n) is 7.38. The standard InChI is InChI=1S/C18H20N2O/c19-17-12-15-8-4-5-9-16(15)13-18(17)20-21-11-10-14-6-2-1-3-7-14/h1-9,17H,10-13,19H2/b20-18-. The van der Waals surface area contributed by atoms with Crippen molar-refractivity contribution < 1.29 is 4.84 Å². The van der Waals surface area contributed by atoms with Crippen molar-refractivity contribution in [1.29, 1.82) is 0 Å². The van der Waals surface area contributed by atoms with Crippen molar-refractivity contribution in [3.8, 4) is 0 Å². The SMILES string of the molecule is NC1Cc2ccccc2C/C1=N/OCCc1ccccc1. The summed E-state index contributed by atoms with van der Waals surface area (Å²) < 4.78 is 0. The number of benzene rings is 2. The van der Waals surface area contributed by atoms with Crippen molar-refractivity contribution in [3.05, 3.63) is 71.3 Å². The molecule has 0 radical (unpaired) electrons. The van der Waals surface area contributed by atoms with Crippen LogP contribution in [0.3, 0.4) is 0 Å². The molecule has 2 N–H and O–H groups in total. The Morgan fingerprint density at radius 1 is 1.00 bits per heavy atom. The lowest BCUT2D eigenvalue weighted by Gasteiger charge is -2.22. The maximum atomic E-state index is 6.18. The summed E-state index contributed by atoms with van der Waals surface area (Å²) in [5.41, 5.74) is 11.0. The van der Waals surface area contributed by atoms with Crippen molar-refractivity contribution >= 4 is 5.71 Å². The maximum absolute atomic E-state index is 6.18. The third-order valence-corrected chi connectivity index (χ3v) is 3.86. The molecule has 1 aliphatic rings. The van der Waals surface area contributed by atoms with Crippen LogP contribution in [0.15, 0.2) is 59.8 Å². The minimum atomic E-state index is -0.0309. The van der Waals surface area contributed by atoms with Gasteiger partial charge >= 0.3 is 0 Å². The maximum Gasteiger partial charge on any atom is 0.121 e. The normalized spacial score (nSPS) is 19.3. The topological polar surface area (TPSA) is 47.6 Å². The van der Waals surface area contributed by atoms with Crippen molar-refractivity contribution in [3.63, 3.8) is 0 Å². The molecule has 0 bridgehead atoms. The van der Waals surface area contributed by atoms with Crippen molar-refractivity contribution in [2.24, 2.45) is 10.9 Å². The smallest absolute Gasteiger partial charge is 0.121 e. The van der Waals surface area contributed by atoms with Gasteiger partial charge in [0.25, 0.3) is 0 Å². The number of nitrogens with two attached hydrogens (primary N) is 1. The first kappa shape index (κ1) is 13.8. The van der Waals surface area contributed by atoms with E-state index in [4.69, 9.17) is 10.6 Å². The summed E-state index contributed by atoms with van der Waals surface area (Å²) in [6.07, 6.45) is 2.50. The van der Waals surface area contributed by atoms with Crippen LogP contribution in [0.25, 0.3) is 0 Å². The van der Waals surface area contributed by atoms with Crippen molar-refractivity contribution in [1.82, 2.24) is 0 Å². The molecule has 2 aromatic carbocycles. The van der Waals surface area contributed by atoms with Gasteiger partial charge in [-0.15, -0.1) is 0 Å². The van der Waals surface area contributed by atoms with E-state index in [1.807, 2.05) is 18.2 Å². The van der Waals surface area contributed by atoms with Crippen LogP contribution >= 0.6 is 0 Å². The van der Waals surface area contributed by atoms with Gasteiger partial charge in [0.2, 0.25) is 0 Å². The Balaban J connectivity index is 1.57. The predicted octanol–water partition coefficient (Wildman–Crippen LogP) is 2.73. The second-order valence-corrected chi connectivity index (χ2v) is 5.41. The van der Waals surface area contributed by atoms with Gasteiger partial charge in [0.05, 0.1) is 11.8 Å². The highest BCUT2D eigenvalue weighted by molar-refractivity contribution is 5.92. The lowest BCUT2D eigenvalue weighted by atomic mass is 9.87. The molecule has 1 unspecified atom stereocenters. The molecule has 0 heterocycles. The highest BCUT2D eigenvalue weighted by Crippen LogP contribution is 2.19. The molecule has 0 saturated heterocycles. The Bertz CT molecular complexity index is 622. The molecule has 3 heteroatoms. The molecular weight excluding hydrogens is 260 g/mol. The molecule has 0 amide bonds. The summed E-state index contributed by atoms with van der Waals surface area (Å²) in [5, 5.41) is 4.27. The van der Waals surface area contributed by atoms with Crippen LogP contribution < -0.4 is 5.73 Å². The van der Waals surface area contributed by atoms with Crippen molar-refractivity contribution in [2.75, 3.05) is 6.61 Å². The van der Waals surface area contributed by atoms with Gasteiger partial charge in [-0.3, -0.25) is 0 Å². The first-order valence-corrected chi connectivity index (χ1v) is 7.38. The second-order valence-electron chi connectivity index (χ2n) is 5.41.